The van der Waals surface area contributed by atoms with Crippen LogP contribution in [-0.2, 0) is 39.7 Å². The van der Waals surface area contributed by atoms with Gasteiger partial charge in [-0.15, -0.1) is 0 Å². The van der Waals surface area contributed by atoms with Gasteiger partial charge in [0.05, 0.1) is 9.79 Å². The van der Waals surface area contributed by atoms with Crippen molar-refractivity contribution in [3.05, 3.63) is 57.5 Å². The molecule has 0 bridgehead atoms. The molecule has 0 atom stereocenters. The van der Waals surface area contributed by atoms with Crippen LogP contribution in [0.5, 0.6) is 0 Å². The summed E-state index contributed by atoms with van der Waals surface area (Å²) < 4.78 is 63.7. The molecule has 0 radical (unpaired) electrons. The molecule has 0 aromatic heterocycles. The van der Waals surface area contributed by atoms with E-state index in [4.69, 9.17) is 0 Å². The minimum atomic E-state index is -4.29. The zero-order valence-electron chi connectivity index (χ0n) is 11.3. The fourth-order valence-corrected chi connectivity index (χ4v) is 2.67. The van der Waals surface area contributed by atoms with Crippen molar-refractivity contribution >= 4 is 52.1 Å². The van der Waals surface area contributed by atoms with Crippen molar-refractivity contribution in [1.82, 2.24) is 0 Å². The number of rotatable bonds is 2. The molecule has 0 aliphatic rings. The molecule has 0 fully saturated rings. The Balaban J connectivity index is 0.000000403. The summed E-state index contributed by atoms with van der Waals surface area (Å²) in [5.74, 6) is 0. The van der Waals surface area contributed by atoms with Gasteiger partial charge in [-0.3, -0.25) is 0 Å². The van der Waals surface area contributed by atoms with Crippen molar-refractivity contribution in [3.8, 4) is 0 Å². The predicted octanol–water partition coefficient (Wildman–Crippen LogP) is 2.70. The first-order valence-corrected chi connectivity index (χ1v) is 9.83. The first-order chi connectivity index (χ1) is 10.00. The standard InChI is InChI=1S/2C6H5BrO3S.Zn/c2*7-5-1-3-6(4-2-5)11(8,9)10;/h2*1-4H,(H,8,9,10);/q;;+2/p-2. The zero-order valence-corrected chi connectivity index (χ0v) is 19.1. The average molecular weight is 538 g/mol. The van der Waals surface area contributed by atoms with Gasteiger partial charge in [0.25, 0.3) is 0 Å². The molecule has 0 aliphatic heterocycles. The van der Waals surface area contributed by atoms with Crippen LogP contribution in [0.25, 0.3) is 0 Å². The van der Waals surface area contributed by atoms with Gasteiger partial charge < -0.3 is 9.11 Å². The quantitative estimate of drug-likeness (QED) is 0.430. The van der Waals surface area contributed by atoms with Crippen LogP contribution in [0.15, 0.2) is 67.3 Å². The Morgan fingerprint density at radius 3 is 1.00 bits per heavy atom. The van der Waals surface area contributed by atoms with E-state index >= 15 is 0 Å². The Morgan fingerprint density at radius 1 is 0.609 bits per heavy atom. The Morgan fingerprint density at radius 2 is 0.826 bits per heavy atom. The molecule has 0 heterocycles. The monoisotopic (exact) mass is 534 g/mol. The molecule has 2 rings (SSSR count). The van der Waals surface area contributed by atoms with Crippen molar-refractivity contribution < 1.29 is 45.4 Å². The van der Waals surface area contributed by atoms with Crippen LogP contribution in [0.4, 0.5) is 0 Å². The maximum Gasteiger partial charge on any atom is 2.00 e. The average Bonchev–Trinajstić information content (AvgIpc) is 2.38. The van der Waals surface area contributed by atoms with Gasteiger partial charge in [-0.2, -0.15) is 0 Å². The second kappa shape index (κ2) is 9.36. The first-order valence-electron chi connectivity index (χ1n) is 5.43. The molecule has 0 amide bonds. The normalized spacial score (nSPS) is 11.0. The van der Waals surface area contributed by atoms with E-state index in [1.807, 2.05) is 0 Å². The molecule has 0 N–H and O–H groups in total. The van der Waals surface area contributed by atoms with E-state index in [0.29, 0.717) is 0 Å². The van der Waals surface area contributed by atoms with Gasteiger partial charge in [-0.05, 0) is 48.5 Å². The first kappa shape index (κ1) is 22.8. The molecule has 11 heteroatoms. The fraction of sp³-hybridized carbons (Fsp3) is 0. The third-order valence-electron chi connectivity index (χ3n) is 2.20. The van der Waals surface area contributed by atoms with E-state index in [-0.39, 0.29) is 29.3 Å². The summed E-state index contributed by atoms with van der Waals surface area (Å²) in [7, 11) is -8.58. The molecule has 0 saturated carbocycles. The van der Waals surface area contributed by atoms with Gasteiger partial charge in [-0.25, -0.2) is 16.8 Å². The smallest absolute Gasteiger partial charge is 0.744 e. The van der Waals surface area contributed by atoms with Gasteiger partial charge >= 0.3 is 19.5 Å². The molecule has 0 unspecified atom stereocenters. The van der Waals surface area contributed by atoms with Crippen LogP contribution in [0, 0.1) is 0 Å². The minimum Gasteiger partial charge on any atom is -0.744 e. The van der Waals surface area contributed by atoms with Crippen LogP contribution in [0.3, 0.4) is 0 Å². The van der Waals surface area contributed by atoms with Crippen molar-refractivity contribution in [2.75, 3.05) is 0 Å². The summed E-state index contributed by atoms with van der Waals surface area (Å²) in [5, 5.41) is 0. The van der Waals surface area contributed by atoms with E-state index in [1.165, 1.54) is 48.5 Å². The van der Waals surface area contributed by atoms with Crippen molar-refractivity contribution in [2.45, 2.75) is 9.79 Å². The Kier molecular flexibility index (Phi) is 9.30. The fourth-order valence-electron chi connectivity index (χ4n) is 1.20. The summed E-state index contributed by atoms with van der Waals surface area (Å²) >= 11 is 6.23. The number of halogens is 2. The van der Waals surface area contributed by atoms with Crippen molar-refractivity contribution in [2.24, 2.45) is 0 Å². The second-order valence-electron chi connectivity index (χ2n) is 3.82. The molecule has 2 aromatic carbocycles. The van der Waals surface area contributed by atoms with Gasteiger partial charge in [0, 0.05) is 8.95 Å². The molecule has 23 heavy (non-hydrogen) atoms. The van der Waals surface area contributed by atoms with E-state index in [9.17, 15) is 25.9 Å². The molecule has 2 aromatic rings. The molecule has 6 nitrogen and oxygen atoms in total. The van der Waals surface area contributed by atoms with Crippen LogP contribution >= 0.6 is 31.9 Å². The van der Waals surface area contributed by atoms with Crippen LogP contribution in [0.2, 0.25) is 0 Å². The summed E-state index contributed by atoms with van der Waals surface area (Å²) in [5.41, 5.74) is 0. The van der Waals surface area contributed by atoms with E-state index in [1.54, 1.807) is 0 Å². The molecule has 0 spiro atoms. The molecular formula is C12H8Br2O6S2Zn. The Bertz CT molecular complexity index is 761. The Hall–Kier alpha value is -0.157. The number of hydrogen-bond acceptors (Lipinski definition) is 6. The van der Waals surface area contributed by atoms with Gasteiger partial charge in [-0.1, -0.05) is 31.9 Å². The van der Waals surface area contributed by atoms with Crippen molar-refractivity contribution in [3.63, 3.8) is 0 Å². The summed E-state index contributed by atoms with van der Waals surface area (Å²) in [6.45, 7) is 0. The van der Waals surface area contributed by atoms with Crippen LogP contribution in [-0.4, -0.2) is 25.9 Å². The van der Waals surface area contributed by atoms with Gasteiger partial charge in [0.1, 0.15) is 20.2 Å². The van der Waals surface area contributed by atoms with Crippen LogP contribution in [0.1, 0.15) is 0 Å². The summed E-state index contributed by atoms with van der Waals surface area (Å²) in [6.07, 6.45) is 0. The molecule has 0 aliphatic carbocycles. The molecule has 0 saturated heterocycles. The van der Waals surface area contributed by atoms with Gasteiger partial charge in [0.2, 0.25) is 0 Å². The maximum atomic E-state index is 10.4. The molecular weight excluding hydrogens is 529 g/mol. The van der Waals surface area contributed by atoms with E-state index in [2.05, 4.69) is 31.9 Å². The van der Waals surface area contributed by atoms with Crippen molar-refractivity contribution in [1.29, 1.82) is 0 Å². The minimum absolute atomic E-state index is 0. The van der Waals surface area contributed by atoms with E-state index in [0.717, 1.165) is 8.95 Å². The number of hydrogen-bond donors (Lipinski definition) is 0. The SMILES string of the molecule is O=S(=O)([O-])c1ccc(Br)cc1.O=S(=O)([O-])c1ccc(Br)cc1.[Zn+2]. The Labute approximate surface area is 163 Å². The second-order valence-corrected chi connectivity index (χ2v) is 8.41. The molecule has 120 valence electrons. The topological polar surface area (TPSA) is 114 Å². The summed E-state index contributed by atoms with van der Waals surface area (Å²) in [4.78, 5) is -0.415. The predicted molar refractivity (Wildman–Crippen MR) is 84.2 cm³/mol. The van der Waals surface area contributed by atoms with E-state index < -0.39 is 20.2 Å². The summed E-state index contributed by atoms with van der Waals surface area (Å²) in [6, 6.07) is 11.0. The zero-order chi connectivity index (χ0) is 17.0. The third kappa shape index (κ3) is 8.48. The van der Waals surface area contributed by atoms with Gasteiger partial charge in [0.15, 0.2) is 0 Å². The third-order valence-corrected chi connectivity index (χ3v) is 4.96. The number of benzene rings is 2. The maximum absolute atomic E-state index is 10.4. The van der Waals surface area contributed by atoms with Crippen LogP contribution < -0.4 is 0 Å². The largest absolute Gasteiger partial charge is 2.00 e.